The monoisotopic (exact) mass is 306 g/mol. The lowest BCUT2D eigenvalue weighted by atomic mass is 10.1. The van der Waals surface area contributed by atoms with Gasteiger partial charge >= 0.3 is 0 Å². The zero-order valence-electron chi connectivity index (χ0n) is 8.35. The highest BCUT2D eigenvalue weighted by molar-refractivity contribution is 6.42. The van der Waals surface area contributed by atoms with Gasteiger partial charge < -0.3 is 5.11 Å². The lowest BCUT2D eigenvalue weighted by Crippen LogP contribution is -1.82. The van der Waals surface area contributed by atoms with Crippen LogP contribution in [0.4, 0.5) is 0 Å². The maximum Gasteiger partial charge on any atom is 0.136 e. The van der Waals surface area contributed by atoms with Crippen LogP contribution in [0.15, 0.2) is 30.3 Å². The number of hydrogen-bond acceptors (Lipinski definition) is 1. The summed E-state index contributed by atoms with van der Waals surface area (Å²) in [4.78, 5) is 0. The molecule has 5 heteroatoms. The molecule has 2 aromatic carbocycles. The van der Waals surface area contributed by atoms with Crippen molar-refractivity contribution < 1.29 is 5.11 Å². The maximum atomic E-state index is 9.59. The second-order valence-electron chi connectivity index (χ2n) is 3.42. The van der Waals surface area contributed by atoms with Crippen molar-refractivity contribution in [2.45, 2.75) is 0 Å². The van der Waals surface area contributed by atoms with Crippen LogP contribution in [0.2, 0.25) is 20.1 Å². The van der Waals surface area contributed by atoms with Crippen molar-refractivity contribution in [3.63, 3.8) is 0 Å². The number of hydrogen-bond donors (Lipinski definition) is 1. The zero-order chi connectivity index (χ0) is 12.6. The fraction of sp³-hybridized carbons (Fsp3) is 0. The van der Waals surface area contributed by atoms with E-state index in [-0.39, 0.29) is 10.8 Å². The molecule has 1 nitrogen and oxygen atoms in total. The van der Waals surface area contributed by atoms with Crippen LogP contribution in [0, 0.1) is 0 Å². The molecule has 1 N–H and O–H groups in total. The van der Waals surface area contributed by atoms with Crippen LogP contribution < -0.4 is 0 Å². The van der Waals surface area contributed by atoms with Crippen LogP contribution in [0.3, 0.4) is 0 Å². The molecule has 0 aromatic heterocycles. The van der Waals surface area contributed by atoms with Gasteiger partial charge in [0.05, 0.1) is 15.1 Å². The lowest BCUT2D eigenvalue weighted by molar-refractivity contribution is 0.476. The number of aromatic hydroxyl groups is 1. The van der Waals surface area contributed by atoms with Crippen LogP contribution in [0.5, 0.6) is 5.75 Å². The second kappa shape index (κ2) is 4.95. The van der Waals surface area contributed by atoms with Gasteiger partial charge in [-0.15, -0.1) is 0 Å². The largest absolute Gasteiger partial charge is 0.506 e. The van der Waals surface area contributed by atoms with Gasteiger partial charge in [-0.3, -0.25) is 0 Å². The highest BCUT2D eigenvalue weighted by Crippen LogP contribution is 2.39. The molecular formula is C12H6Cl4O. The molecule has 0 aliphatic rings. The van der Waals surface area contributed by atoms with E-state index >= 15 is 0 Å². The molecule has 0 heterocycles. The molecule has 2 aromatic rings. The van der Waals surface area contributed by atoms with Gasteiger partial charge in [-0.2, -0.15) is 0 Å². The molecule has 0 saturated heterocycles. The van der Waals surface area contributed by atoms with Crippen molar-refractivity contribution >= 4 is 46.4 Å². The highest BCUT2D eigenvalue weighted by atomic mass is 35.5. The standard InChI is InChI=1S/C12H6Cl4O/c13-7-4-8(12(16)11(17)5-7)6-1-2-9(14)10(15)3-6/h1-5,17H. The van der Waals surface area contributed by atoms with E-state index in [1.165, 1.54) is 6.07 Å². The van der Waals surface area contributed by atoms with Crippen molar-refractivity contribution in [2.75, 3.05) is 0 Å². The predicted octanol–water partition coefficient (Wildman–Crippen LogP) is 5.67. The summed E-state index contributed by atoms with van der Waals surface area (Å²) in [5.74, 6) is -0.0692. The minimum absolute atomic E-state index is 0.0692. The first-order valence-corrected chi connectivity index (χ1v) is 6.13. The molecule has 0 aliphatic heterocycles. The average Bonchev–Trinajstić information content (AvgIpc) is 2.27. The maximum absolute atomic E-state index is 9.59. The van der Waals surface area contributed by atoms with Gasteiger partial charge in [-0.05, 0) is 23.8 Å². The molecule has 0 aliphatic carbocycles. The fourth-order valence-electron chi connectivity index (χ4n) is 1.45. The lowest BCUT2D eigenvalue weighted by Gasteiger charge is -2.08. The summed E-state index contributed by atoms with van der Waals surface area (Å²) in [7, 11) is 0. The van der Waals surface area contributed by atoms with E-state index in [2.05, 4.69) is 0 Å². The van der Waals surface area contributed by atoms with E-state index in [0.29, 0.717) is 20.6 Å². The molecule has 0 unspecified atom stereocenters. The molecule has 88 valence electrons. The quantitative estimate of drug-likeness (QED) is 0.719. The molecule has 0 radical (unpaired) electrons. The highest BCUT2D eigenvalue weighted by Gasteiger charge is 2.11. The molecule has 0 amide bonds. The Bertz CT molecular complexity index is 581. The van der Waals surface area contributed by atoms with Crippen LogP contribution in [-0.4, -0.2) is 5.11 Å². The van der Waals surface area contributed by atoms with Crippen LogP contribution >= 0.6 is 46.4 Å². The van der Waals surface area contributed by atoms with Crippen molar-refractivity contribution in [3.8, 4) is 16.9 Å². The first-order chi connectivity index (χ1) is 7.99. The minimum Gasteiger partial charge on any atom is -0.506 e. The van der Waals surface area contributed by atoms with E-state index < -0.39 is 0 Å². The fourth-order valence-corrected chi connectivity index (χ4v) is 2.18. The Balaban J connectivity index is 2.64. The number of halogens is 4. The van der Waals surface area contributed by atoms with Gasteiger partial charge in [0.1, 0.15) is 5.75 Å². The van der Waals surface area contributed by atoms with Crippen molar-refractivity contribution in [3.05, 3.63) is 50.4 Å². The summed E-state index contributed by atoms with van der Waals surface area (Å²) >= 11 is 23.6. The molecule has 17 heavy (non-hydrogen) atoms. The van der Waals surface area contributed by atoms with Crippen molar-refractivity contribution in [1.29, 1.82) is 0 Å². The normalized spacial score (nSPS) is 10.6. The summed E-state index contributed by atoms with van der Waals surface area (Å²) < 4.78 is 0. The minimum atomic E-state index is -0.0692. The molecule has 2 rings (SSSR count). The third kappa shape index (κ3) is 2.63. The number of rotatable bonds is 1. The predicted molar refractivity (Wildman–Crippen MR) is 73.6 cm³/mol. The van der Waals surface area contributed by atoms with Gasteiger partial charge in [0.2, 0.25) is 0 Å². The Morgan fingerprint density at radius 3 is 2.18 bits per heavy atom. The van der Waals surface area contributed by atoms with Crippen molar-refractivity contribution in [2.24, 2.45) is 0 Å². The number of phenols is 1. The third-order valence-corrected chi connectivity index (χ3v) is 3.60. The topological polar surface area (TPSA) is 20.2 Å². The van der Waals surface area contributed by atoms with Gasteiger partial charge in [-0.1, -0.05) is 52.5 Å². The number of benzene rings is 2. The zero-order valence-corrected chi connectivity index (χ0v) is 11.4. The van der Waals surface area contributed by atoms with Crippen LogP contribution in [-0.2, 0) is 0 Å². The van der Waals surface area contributed by atoms with E-state index in [1.807, 2.05) is 0 Å². The van der Waals surface area contributed by atoms with Crippen LogP contribution in [0.25, 0.3) is 11.1 Å². The Labute approximate surface area is 118 Å². The summed E-state index contributed by atoms with van der Waals surface area (Å²) in [6.07, 6.45) is 0. The van der Waals surface area contributed by atoms with Gasteiger partial charge in [0.15, 0.2) is 0 Å². The summed E-state index contributed by atoms with van der Waals surface area (Å²) in [5.41, 5.74) is 1.34. The Morgan fingerprint density at radius 1 is 0.824 bits per heavy atom. The molecular weight excluding hydrogens is 302 g/mol. The smallest absolute Gasteiger partial charge is 0.136 e. The first-order valence-electron chi connectivity index (χ1n) is 4.62. The third-order valence-electron chi connectivity index (χ3n) is 2.25. The van der Waals surface area contributed by atoms with E-state index in [0.717, 1.165) is 5.56 Å². The van der Waals surface area contributed by atoms with E-state index in [9.17, 15) is 5.11 Å². The van der Waals surface area contributed by atoms with E-state index in [4.69, 9.17) is 46.4 Å². The number of phenolic OH excluding ortho intramolecular Hbond substituents is 1. The summed E-state index contributed by atoms with van der Waals surface area (Å²) in [6.45, 7) is 0. The van der Waals surface area contributed by atoms with E-state index in [1.54, 1.807) is 24.3 Å². The Morgan fingerprint density at radius 2 is 1.53 bits per heavy atom. The first kappa shape index (κ1) is 12.8. The molecule has 0 saturated carbocycles. The van der Waals surface area contributed by atoms with Gasteiger partial charge in [-0.25, -0.2) is 0 Å². The summed E-state index contributed by atoms with van der Waals surface area (Å²) in [5, 5.41) is 11.1. The molecule has 0 spiro atoms. The molecule has 0 atom stereocenters. The Hall–Kier alpha value is -0.600. The Kier molecular flexibility index (Phi) is 3.74. The SMILES string of the molecule is Oc1cc(Cl)cc(-c2ccc(Cl)c(Cl)c2)c1Cl. The summed E-state index contributed by atoms with van der Waals surface area (Å²) in [6, 6.07) is 8.12. The van der Waals surface area contributed by atoms with Gasteiger partial charge in [0, 0.05) is 16.7 Å². The average molecular weight is 308 g/mol. The molecule has 0 fully saturated rings. The molecule has 0 bridgehead atoms. The van der Waals surface area contributed by atoms with Crippen molar-refractivity contribution in [1.82, 2.24) is 0 Å². The van der Waals surface area contributed by atoms with Crippen LogP contribution in [0.1, 0.15) is 0 Å². The second-order valence-corrected chi connectivity index (χ2v) is 5.04. The van der Waals surface area contributed by atoms with Gasteiger partial charge in [0.25, 0.3) is 0 Å².